The molecular weight excluding hydrogens is 214 g/mol. The van der Waals surface area contributed by atoms with Crippen LogP contribution in [0.15, 0.2) is 18.2 Å². The molecule has 1 aromatic carbocycles. The topological polar surface area (TPSA) is 47.6 Å². The molecule has 0 aliphatic heterocycles. The first kappa shape index (κ1) is 11.7. The highest BCUT2D eigenvalue weighted by Crippen LogP contribution is 2.28. The minimum Gasteiger partial charge on any atom is -0.497 e. The van der Waals surface area contributed by atoms with Gasteiger partial charge in [0.25, 0.3) is 0 Å². The summed E-state index contributed by atoms with van der Waals surface area (Å²) in [7, 11) is 3.10. The summed E-state index contributed by atoms with van der Waals surface area (Å²) in [5, 5.41) is 2.67. The zero-order valence-electron chi connectivity index (χ0n) is 8.61. The predicted octanol–water partition coefficient (Wildman–Crippen LogP) is 1.57. The van der Waals surface area contributed by atoms with Crippen molar-refractivity contribution in [1.29, 1.82) is 0 Å². The number of carbonyl (C=O) groups is 1. The molecule has 0 fully saturated rings. The van der Waals surface area contributed by atoms with E-state index in [0.717, 1.165) is 0 Å². The molecule has 0 aliphatic carbocycles. The number of anilines is 1. The van der Waals surface area contributed by atoms with E-state index in [-0.39, 0.29) is 11.7 Å². The van der Waals surface area contributed by atoms with E-state index in [1.54, 1.807) is 25.3 Å². The fourth-order valence-electron chi connectivity index (χ4n) is 1.10. The van der Waals surface area contributed by atoms with Crippen molar-refractivity contribution >= 4 is 24.2 Å². The maximum atomic E-state index is 11.2. The lowest BCUT2D eigenvalue weighted by atomic mass is 10.2. The zero-order chi connectivity index (χ0) is 11.3. The minimum atomic E-state index is -0.190. The second-order valence-electron chi connectivity index (χ2n) is 2.77. The standard InChI is InChI=1S/C10H13NO3S/c1-13-7-3-4-9(14-2)8(5-7)11-10(12)6-15/h3-5,15H,6H2,1-2H3,(H,11,12). The molecule has 0 saturated heterocycles. The van der Waals surface area contributed by atoms with Crippen molar-refractivity contribution in [1.82, 2.24) is 0 Å². The summed E-state index contributed by atoms with van der Waals surface area (Å²) >= 11 is 3.87. The van der Waals surface area contributed by atoms with Gasteiger partial charge in [0.1, 0.15) is 11.5 Å². The molecule has 15 heavy (non-hydrogen) atoms. The molecule has 0 heterocycles. The third kappa shape index (κ3) is 3.06. The SMILES string of the molecule is COc1ccc(OC)c(NC(=O)CS)c1. The first-order chi connectivity index (χ1) is 7.21. The van der Waals surface area contributed by atoms with Gasteiger partial charge in [-0.25, -0.2) is 0 Å². The van der Waals surface area contributed by atoms with Crippen LogP contribution < -0.4 is 14.8 Å². The Morgan fingerprint density at radius 1 is 1.40 bits per heavy atom. The van der Waals surface area contributed by atoms with Crippen LogP contribution in [0.25, 0.3) is 0 Å². The van der Waals surface area contributed by atoms with Crippen molar-refractivity contribution in [3.63, 3.8) is 0 Å². The Morgan fingerprint density at radius 3 is 2.67 bits per heavy atom. The number of nitrogens with one attached hydrogen (secondary N) is 1. The lowest BCUT2D eigenvalue weighted by Gasteiger charge is -2.10. The molecule has 0 unspecified atom stereocenters. The second kappa shape index (κ2) is 5.50. The normalized spacial score (nSPS) is 9.53. The second-order valence-corrected chi connectivity index (χ2v) is 3.09. The Balaban J connectivity index is 2.95. The van der Waals surface area contributed by atoms with E-state index in [4.69, 9.17) is 9.47 Å². The van der Waals surface area contributed by atoms with Gasteiger partial charge in [0.05, 0.1) is 25.7 Å². The van der Waals surface area contributed by atoms with Crippen LogP contribution in [0.5, 0.6) is 11.5 Å². The minimum absolute atomic E-state index is 0.125. The number of thiol groups is 1. The van der Waals surface area contributed by atoms with Crippen molar-refractivity contribution in [3.05, 3.63) is 18.2 Å². The quantitative estimate of drug-likeness (QED) is 0.768. The number of amides is 1. The molecule has 0 bridgehead atoms. The van der Waals surface area contributed by atoms with E-state index < -0.39 is 0 Å². The van der Waals surface area contributed by atoms with E-state index in [1.165, 1.54) is 7.11 Å². The number of rotatable bonds is 4. The Kier molecular flexibility index (Phi) is 4.30. The van der Waals surface area contributed by atoms with E-state index in [9.17, 15) is 4.79 Å². The van der Waals surface area contributed by atoms with Gasteiger partial charge in [-0.15, -0.1) is 0 Å². The molecule has 0 radical (unpaired) electrons. The maximum absolute atomic E-state index is 11.2. The van der Waals surface area contributed by atoms with Gasteiger partial charge in [-0.3, -0.25) is 4.79 Å². The number of carbonyl (C=O) groups excluding carboxylic acids is 1. The van der Waals surface area contributed by atoms with Crippen molar-refractivity contribution in [3.8, 4) is 11.5 Å². The van der Waals surface area contributed by atoms with Gasteiger partial charge in [-0.05, 0) is 12.1 Å². The van der Waals surface area contributed by atoms with Gasteiger partial charge in [-0.1, -0.05) is 0 Å². The Morgan fingerprint density at radius 2 is 2.13 bits per heavy atom. The molecule has 1 N–H and O–H groups in total. The van der Waals surface area contributed by atoms with Crippen LogP contribution in [-0.2, 0) is 4.79 Å². The van der Waals surface area contributed by atoms with Crippen LogP contribution in [0.4, 0.5) is 5.69 Å². The van der Waals surface area contributed by atoms with Crippen molar-refractivity contribution in [2.75, 3.05) is 25.3 Å². The molecule has 82 valence electrons. The van der Waals surface area contributed by atoms with Gasteiger partial charge in [0.15, 0.2) is 0 Å². The number of hydrogen-bond donors (Lipinski definition) is 2. The van der Waals surface area contributed by atoms with E-state index in [1.807, 2.05) is 0 Å². The lowest BCUT2D eigenvalue weighted by molar-refractivity contribution is -0.113. The van der Waals surface area contributed by atoms with Crippen LogP contribution in [0, 0.1) is 0 Å². The summed E-state index contributed by atoms with van der Waals surface area (Å²) in [5.74, 6) is 1.18. The molecule has 0 aromatic heterocycles. The van der Waals surface area contributed by atoms with Crippen molar-refractivity contribution in [2.45, 2.75) is 0 Å². The molecule has 1 rings (SSSR count). The largest absolute Gasteiger partial charge is 0.497 e. The van der Waals surface area contributed by atoms with Crippen LogP contribution >= 0.6 is 12.6 Å². The summed E-state index contributed by atoms with van der Waals surface area (Å²) in [5.41, 5.74) is 0.580. The lowest BCUT2D eigenvalue weighted by Crippen LogP contribution is -2.13. The molecule has 0 atom stereocenters. The number of ether oxygens (including phenoxy) is 2. The molecule has 4 nitrogen and oxygen atoms in total. The van der Waals surface area contributed by atoms with E-state index in [2.05, 4.69) is 17.9 Å². The van der Waals surface area contributed by atoms with Gasteiger partial charge < -0.3 is 14.8 Å². The van der Waals surface area contributed by atoms with Crippen LogP contribution in [0.3, 0.4) is 0 Å². The Bertz CT molecular complexity index is 355. The molecule has 0 saturated carbocycles. The Labute approximate surface area is 94.0 Å². The zero-order valence-corrected chi connectivity index (χ0v) is 9.51. The summed E-state index contributed by atoms with van der Waals surface area (Å²) in [6.45, 7) is 0. The fourth-order valence-corrected chi connectivity index (χ4v) is 1.18. The summed E-state index contributed by atoms with van der Waals surface area (Å²) in [6, 6.07) is 5.18. The smallest absolute Gasteiger partial charge is 0.234 e. The first-order valence-electron chi connectivity index (χ1n) is 4.34. The number of methoxy groups -OCH3 is 2. The van der Waals surface area contributed by atoms with Gasteiger partial charge in [0.2, 0.25) is 5.91 Å². The Hall–Kier alpha value is -1.36. The summed E-state index contributed by atoms with van der Waals surface area (Å²) in [6.07, 6.45) is 0. The third-order valence-corrected chi connectivity index (χ3v) is 2.11. The highest BCUT2D eigenvalue weighted by Gasteiger charge is 2.07. The highest BCUT2D eigenvalue weighted by molar-refractivity contribution is 7.81. The molecule has 1 aromatic rings. The van der Waals surface area contributed by atoms with Crippen LogP contribution in [-0.4, -0.2) is 25.9 Å². The molecule has 0 spiro atoms. The molecule has 5 heteroatoms. The van der Waals surface area contributed by atoms with Crippen molar-refractivity contribution < 1.29 is 14.3 Å². The summed E-state index contributed by atoms with van der Waals surface area (Å²) in [4.78, 5) is 11.2. The van der Waals surface area contributed by atoms with Crippen LogP contribution in [0.1, 0.15) is 0 Å². The predicted molar refractivity (Wildman–Crippen MR) is 62.0 cm³/mol. The van der Waals surface area contributed by atoms with E-state index in [0.29, 0.717) is 17.2 Å². The van der Waals surface area contributed by atoms with Gasteiger partial charge >= 0.3 is 0 Å². The average Bonchev–Trinajstić information content (AvgIpc) is 2.28. The van der Waals surface area contributed by atoms with Gasteiger partial charge in [0, 0.05) is 6.07 Å². The number of benzene rings is 1. The molecular formula is C10H13NO3S. The monoisotopic (exact) mass is 227 g/mol. The van der Waals surface area contributed by atoms with E-state index >= 15 is 0 Å². The van der Waals surface area contributed by atoms with Crippen LogP contribution in [0.2, 0.25) is 0 Å². The number of hydrogen-bond acceptors (Lipinski definition) is 4. The fraction of sp³-hybridized carbons (Fsp3) is 0.300. The molecule has 0 aliphatic rings. The highest BCUT2D eigenvalue weighted by atomic mass is 32.1. The van der Waals surface area contributed by atoms with Crippen molar-refractivity contribution in [2.24, 2.45) is 0 Å². The maximum Gasteiger partial charge on any atom is 0.234 e. The third-order valence-electron chi connectivity index (χ3n) is 1.82. The molecule has 1 amide bonds. The van der Waals surface area contributed by atoms with Gasteiger partial charge in [-0.2, -0.15) is 12.6 Å². The average molecular weight is 227 g/mol. The summed E-state index contributed by atoms with van der Waals surface area (Å²) < 4.78 is 10.1. The first-order valence-corrected chi connectivity index (χ1v) is 4.97.